The molecule has 0 unspecified atom stereocenters. The summed E-state index contributed by atoms with van der Waals surface area (Å²) in [6.07, 6.45) is 6.88. The van der Waals surface area contributed by atoms with Crippen molar-refractivity contribution in [1.82, 2.24) is 19.8 Å². The number of nitrogens with zero attached hydrogens (tertiary/aromatic N) is 3. The number of aryl methyl sites for hydroxylation is 1. The molecule has 0 spiro atoms. The quantitative estimate of drug-likeness (QED) is 0.672. The van der Waals surface area contributed by atoms with Crippen LogP contribution in [0.5, 0.6) is 0 Å². The van der Waals surface area contributed by atoms with E-state index in [4.69, 9.17) is 9.47 Å². The van der Waals surface area contributed by atoms with Gasteiger partial charge < -0.3 is 29.4 Å². The number of aliphatic hydroxyl groups excluding tert-OH is 1. The van der Waals surface area contributed by atoms with E-state index in [1.165, 1.54) is 0 Å². The fourth-order valence-corrected chi connectivity index (χ4v) is 4.36. The average molecular weight is 421 g/mol. The highest BCUT2D eigenvalue weighted by Crippen LogP contribution is 2.35. The summed E-state index contributed by atoms with van der Waals surface area (Å²) >= 11 is 0. The van der Waals surface area contributed by atoms with Gasteiger partial charge in [0.15, 0.2) is 0 Å². The summed E-state index contributed by atoms with van der Waals surface area (Å²) in [4.78, 5) is 31.2. The summed E-state index contributed by atoms with van der Waals surface area (Å²) < 4.78 is 13.7. The third-order valence-corrected chi connectivity index (χ3v) is 6.07. The molecule has 0 aromatic carbocycles. The number of ether oxygens (including phenoxy) is 2. The predicted molar refractivity (Wildman–Crippen MR) is 107 cm³/mol. The van der Waals surface area contributed by atoms with Crippen molar-refractivity contribution in [1.29, 1.82) is 0 Å². The topological polar surface area (TPSA) is 106 Å². The molecule has 1 saturated carbocycles. The minimum atomic E-state index is -0.670. The number of hydrogen-bond acceptors (Lipinski definition) is 6. The van der Waals surface area contributed by atoms with Crippen LogP contribution in [0.2, 0.25) is 0 Å². The first-order valence-corrected chi connectivity index (χ1v) is 10.9. The Labute approximate surface area is 176 Å². The highest BCUT2D eigenvalue weighted by atomic mass is 16.5. The molecule has 0 radical (unpaired) electrons. The monoisotopic (exact) mass is 420 g/mol. The fraction of sp³-hybridized carbons (Fsp3) is 0.762. The van der Waals surface area contributed by atoms with E-state index in [0.717, 1.165) is 25.0 Å². The Balaban J connectivity index is 1.28. The normalized spacial score (nSPS) is 29.6. The van der Waals surface area contributed by atoms with E-state index in [1.54, 1.807) is 6.33 Å². The molecular formula is C21H32N4O5. The van der Waals surface area contributed by atoms with Crippen LogP contribution in [0.4, 0.5) is 0 Å². The number of amides is 2. The van der Waals surface area contributed by atoms with Gasteiger partial charge in [-0.05, 0) is 25.7 Å². The maximum Gasteiger partial charge on any atom is 0.226 e. The van der Waals surface area contributed by atoms with E-state index in [1.807, 2.05) is 22.7 Å². The van der Waals surface area contributed by atoms with Gasteiger partial charge in [-0.15, -0.1) is 0 Å². The smallest absolute Gasteiger partial charge is 0.226 e. The zero-order valence-corrected chi connectivity index (χ0v) is 17.5. The molecule has 3 heterocycles. The van der Waals surface area contributed by atoms with E-state index < -0.39 is 6.10 Å². The molecule has 0 bridgehead atoms. The zero-order chi connectivity index (χ0) is 21.1. The van der Waals surface area contributed by atoms with Crippen LogP contribution >= 0.6 is 0 Å². The van der Waals surface area contributed by atoms with Crippen molar-refractivity contribution in [3.05, 3.63) is 18.2 Å². The van der Waals surface area contributed by atoms with Crippen LogP contribution in [0.3, 0.4) is 0 Å². The minimum Gasteiger partial charge on any atom is -0.389 e. The van der Waals surface area contributed by atoms with Crippen LogP contribution in [-0.4, -0.2) is 82.0 Å². The predicted octanol–water partition coefficient (Wildman–Crippen LogP) is 0.0148. The van der Waals surface area contributed by atoms with Crippen LogP contribution in [0.1, 0.15) is 37.8 Å². The molecule has 2 aliphatic heterocycles. The number of fused-ring (bicyclic) bond motifs is 1. The number of carbonyl (C=O) groups is 2. The van der Waals surface area contributed by atoms with Gasteiger partial charge in [-0.3, -0.25) is 9.59 Å². The standard InChI is InChI=1S/C21H32N4O5/c1-24-9-15(23-13-24)6-7-22-20(27)8-17-4-5-18-19(30-17)12-29-11-16(26)10-25(18)21(28)14-2-3-14/h9,13-14,16-19,26H,2-8,10-12H2,1H3,(H,22,27)/t16-,17+,18+,19-/m0/s1. The van der Waals surface area contributed by atoms with Crippen LogP contribution in [0.15, 0.2) is 12.5 Å². The Morgan fingerprint density at radius 2 is 2.10 bits per heavy atom. The number of β-amino-alcohol motifs (C(OH)–C–C–N with tert-alkyl or cyclic N) is 1. The number of aromatic nitrogens is 2. The molecule has 9 nitrogen and oxygen atoms in total. The first-order valence-electron chi connectivity index (χ1n) is 10.9. The van der Waals surface area contributed by atoms with E-state index in [-0.39, 0.29) is 42.6 Å². The lowest BCUT2D eigenvalue weighted by atomic mass is 9.94. The lowest BCUT2D eigenvalue weighted by molar-refractivity contribution is -0.170. The minimum absolute atomic E-state index is 0.0394. The number of carbonyl (C=O) groups excluding carboxylic acids is 2. The lowest BCUT2D eigenvalue weighted by Gasteiger charge is -2.44. The van der Waals surface area contributed by atoms with Crippen LogP contribution < -0.4 is 5.32 Å². The highest BCUT2D eigenvalue weighted by Gasteiger charge is 2.43. The van der Waals surface area contributed by atoms with Gasteiger partial charge in [-0.1, -0.05) is 0 Å². The van der Waals surface area contributed by atoms with Crippen molar-refractivity contribution in [3.63, 3.8) is 0 Å². The molecule has 3 aliphatic rings. The van der Waals surface area contributed by atoms with E-state index >= 15 is 0 Å². The van der Waals surface area contributed by atoms with E-state index in [9.17, 15) is 14.7 Å². The summed E-state index contributed by atoms with van der Waals surface area (Å²) in [5.41, 5.74) is 0.948. The molecule has 2 saturated heterocycles. The van der Waals surface area contributed by atoms with Gasteiger partial charge in [0.1, 0.15) is 6.10 Å². The summed E-state index contributed by atoms with van der Waals surface area (Å²) in [7, 11) is 1.92. The fourth-order valence-electron chi connectivity index (χ4n) is 4.36. The molecule has 2 N–H and O–H groups in total. The van der Waals surface area contributed by atoms with Gasteiger partial charge in [0.2, 0.25) is 11.8 Å². The number of hydrogen-bond donors (Lipinski definition) is 2. The molecule has 166 valence electrons. The van der Waals surface area contributed by atoms with Crippen molar-refractivity contribution in [3.8, 4) is 0 Å². The van der Waals surface area contributed by atoms with Crippen molar-refractivity contribution in [2.45, 2.75) is 62.9 Å². The molecule has 1 aromatic rings. The second-order valence-electron chi connectivity index (χ2n) is 8.73. The molecule has 30 heavy (non-hydrogen) atoms. The Kier molecular flexibility index (Phi) is 6.70. The Bertz CT molecular complexity index is 750. The summed E-state index contributed by atoms with van der Waals surface area (Å²) in [5, 5.41) is 13.1. The third kappa shape index (κ3) is 5.39. The van der Waals surface area contributed by atoms with Gasteiger partial charge in [0, 0.05) is 38.7 Å². The number of rotatable bonds is 6. The Morgan fingerprint density at radius 3 is 2.83 bits per heavy atom. The number of nitrogens with one attached hydrogen (secondary N) is 1. The highest BCUT2D eigenvalue weighted by molar-refractivity contribution is 5.81. The number of imidazole rings is 1. The lowest BCUT2D eigenvalue weighted by Crippen LogP contribution is -2.58. The average Bonchev–Trinajstić information content (AvgIpc) is 3.47. The molecule has 1 aromatic heterocycles. The summed E-state index contributed by atoms with van der Waals surface area (Å²) in [5.74, 6) is 0.184. The van der Waals surface area contributed by atoms with Gasteiger partial charge in [0.25, 0.3) is 0 Å². The summed E-state index contributed by atoms with van der Waals surface area (Å²) in [6.45, 7) is 1.35. The van der Waals surface area contributed by atoms with Crippen LogP contribution in [0, 0.1) is 5.92 Å². The Morgan fingerprint density at radius 1 is 1.27 bits per heavy atom. The largest absolute Gasteiger partial charge is 0.389 e. The van der Waals surface area contributed by atoms with Crippen LogP contribution in [0.25, 0.3) is 0 Å². The third-order valence-electron chi connectivity index (χ3n) is 6.07. The Hall–Kier alpha value is -1.97. The van der Waals surface area contributed by atoms with Gasteiger partial charge in [-0.25, -0.2) is 4.98 Å². The molecule has 1 aliphatic carbocycles. The van der Waals surface area contributed by atoms with Crippen molar-refractivity contribution in [2.24, 2.45) is 13.0 Å². The van der Waals surface area contributed by atoms with Crippen molar-refractivity contribution in [2.75, 3.05) is 26.3 Å². The molecule has 9 heteroatoms. The SMILES string of the molecule is Cn1cnc(CCNC(=O)C[C@H]2CC[C@@H]3[C@H](COC[C@@H](O)CN3C(=O)C3CC3)O2)c1. The van der Waals surface area contributed by atoms with E-state index in [2.05, 4.69) is 10.3 Å². The second kappa shape index (κ2) is 9.45. The first-order chi connectivity index (χ1) is 14.5. The molecule has 4 rings (SSSR count). The van der Waals surface area contributed by atoms with E-state index in [0.29, 0.717) is 39.0 Å². The maximum absolute atomic E-state index is 12.8. The van der Waals surface area contributed by atoms with Gasteiger partial charge in [0.05, 0.1) is 49.9 Å². The van der Waals surface area contributed by atoms with Gasteiger partial charge in [-0.2, -0.15) is 0 Å². The van der Waals surface area contributed by atoms with Gasteiger partial charge >= 0.3 is 0 Å². The molecule has 4 atom stereocenters. The van der Waals surface area contributed by atoms with Crippen molar-refractivity contribution >= 4 is 11.8 Å². The molecule has 2 amide bonds. The molecular weight excluding hydrogens is 388 g/mol. The molecule has 3 fully saturated rings. The maximum atomic E-state index is 12.8. The zero-order valence-electron chi connectivity index (χ0n) is 17.5. The van der Waals surface area contributed by atoms with Crippen molar-refractivity contribution < 1.29 is 24.2 Å². The second-order valence-corrected chi connectivity index (χ2v) is 8.73. The van der Waals surface area contributed by atoms with Crippen LogP contribution in [-0.2, 0) is 32.5 Å². The first kappa shape index (κ1) is 21.3. The summed E-state index contributed by atoms with van der Waals surface area (Å²) in [6, 6.07) is -0.100. The number of aliphatic hydroxyl groups is 1.